The summed E-state index contributed by atoms with van der Waals surface area (Å²) in [4.78, 5) is 25.8. The molecule has 0 aliphatic rings. The van der Waals surface area contributed by atoms with E-state index in [2.05, 4.69) is 0 Å². The summed E-state index contributed by atoms with van der Waals surface area (Å²) >= 11 is 0. The van der Waals surface area contributed by atoms with Gasteiger partial charge in [-0.3, -0.25) is 4.79 Å². The SMILES string of the molecule is COc1ccc(C(C)C(=O)Oc2ccc(C(O)CN(C)C(=O)OC(C)(C)C)cc2)cc1. The summed E-state index contributed by atoms with van der Waals surface area (Å²) in [5.41, 5.74) is 0.812. The number of amides is 1. The number of esters is 1. The van der Waals surface area contributed by atoms with E-state index >= 15 is 0 Å². The predicted molar refractivity (Wildman–Crippen MR) is 117 cm³/mol. The van der Waals surface area contributed by atoms with Crippen molar-refractivity contribution in [1.29, 1.82) is 0 Å². The van der Waals surface area contributed by atoms with E-state index in [0.29, 0.717) is 11.3 Å². The number of rotatable bonds is 7. The fourth-order valence-corrected chi connectivity index (χ4v) is 2.77. The minimum absolute atomic E-state index is 0.0720. The number of ether oxygens (including phenoxy) is 3. The Kier molecular flexibility index (Phi) is 8.05. The van der Waals surface area contributed by atoms with Gasteiger partial charge in [0.15, 0.2) is 0 Å². The van der Waals surface area contributed by atoms with E-state index in [1.807, 2.05) is 12.1 Å². The highest BCUT2D eigenvalue weighted by molar-refractivity contribution is 5.80. The van der Waals surface area contributed by atoms with Gasteiger partial charge < -0.3 is 24.2 Å². The molecule has 0 fully saturated rings. The summed E-state index contributed by atoms with van der Waals surface area (Å²) < 4.78 is 15.9. The van der Waals surface area contributed by atoms with Gasteiger partial charge in [0.25, 0.3) is 0 Å². The Bertz CT molecular complexity index is 870. The number of carbonyl (C=O) groups excluding carboxylic acids is 2. The van der Waals surface area contributed by atoms with Gasteiger partial charge in [-0.1, -0.05) is 24.3 Å². The lowest BCUT2D eigenvalue weighted by atomic mass is 10.0. The first-order chi connectivity index (χ1) is 14.5. The molecule has 2 atom stereocenters. The molecule has 0 heterocycles. The van der Waals surface area contributed by atoms with Crippen molar-refractivity contribution in [3.63, 3.8) is 0 Å². The van der Waals surface area contributed by atoms with Crippen LogP contribution in [0.3, 0.4) is 0 Å². The first-order valence-corrected chi connectivity index (χ1v) is 10.1. The summed E-state index contributed by atoms with van der Waals surface area (Å²) in [6.45, 7) is 7.19. The van der Waals surface area contributed by atoms with Crippen molar-refractivity contribution in [2.75, 3.05) is 20.7 Å². The van der Waals surface area contributed by atoms with Crippen LogP contribution in [-0.2, 0) is 9.53 Å². The van der Waals surface area contributed by atoms with Crippen molar-refractivity contribution in [2.45, 2.75) is 45.3 Å². The first kappa shape index (κ1) is 24.2. The van der Waals surface area contributed by atoms with E-state index in [9.17, 15) is 14.7 Å². The molecule has 0 saturated carbocycles. The van der Waals surface area contributed by atoms with Gasteiger partial charge in [0.2, 0.25) is 0 Å². The maximum Gasteiger partial charge on any atom is 0.410 e. The van der Waals surface area contributed by atoms with Gasteiger partial charge in [-0.05, 0) is 63.1 Å². The molecule has 2 unspecified atom stereocenters. The summed E-state index contributed by atoms with van der Waals surface area (Å²) in [7, 11) is 3.15. The third kappa shape index (κ3) is 7.29. The zero-order chi connectivity index (χ0) is 23.2. The Morgan fingerprint density at radius 1 is 0.968 bits per heavy atom. The number of benzene rings is 2. The summed E-state index contributed by atoms with van der Waals surface area (Å²) in [6, 6.07) is 13.8. The molecule has 0 aliphatic carbocycles. The molecule has 0 spiro atoms. The van der Waals surface area contributed by atoms with Gasteiger partial charge in [0.1, 0.15) is 17.1 Å². The number of aliphatic hydroxyl groups is 1. The number of hydrogen-bond acceptors (Lipinski definition) is 6. The van der Waals surface area contributed by atoms with Crippen molar-refractivity contribution in [3.05, 3.63) is 59.7 Å². The lowest BCUT2D eigenvalue weighted by Crippen LogP contribution is -2.36. The molecule has 7 heteroatoms. The number of methoxy groups -OCH3 is 1. The molecule has 0 aromatic heterocycles. The molecule has 0 bridgehead atoms. The predicted octanol–water partition coefficient (Wildman–Crippen LogP) is 4.30. The number of carbonyl (C=O) groups is 2. The normalized spacial score (nSPS) is 13.1. The highest BCUT2D eigenvalue weighted by atomic mass is 16.6. The maximum absolute atomic E-state index is 12.5. The number of likely N-dealkylation sites (N-methyl/N-ethyl adjacent to an activating group) is 1. The van der Waals surface area contributed by atoms with Crippen LogP contribution in [0.5, 0.6) is 11.5 Å². The molecular weight excluding hydrogens is 398 g/mol. The van der Waals surface area contributed by atoms with E-state index in [1.165, 1.54) is 4.90 Å². The molecule has 2 aromatic carbocycles. The number of hydrogen-bond donors (Lipinski definition) is 1. The highest BCUT2D eigenvalue weighted by Crippen LogP contribution is 2.23. The second kappa shape index (κ2) is 10.3. The van der Waals surface area contributed by atoms with Crippen LogP contribution in [-0.4, -0.2) is 48.4 Å². The van der Waals surface area contributed by atoms with Gasteiger partial charge in [0, 0.05) is 7.05 Å². The molecular formula is C24H31NO6. The van der Waals surface area contributed by atoms with E-state index in [-0.39, 0.29) is 12.5 Å². The molecule has 0 aliphatic heterocycles. The molecule has 0 radical (unpaired) electrons. The molecule has 1 amide bonds. The highest BCUT2D eigenvalue weighted by Gasteiger charge is 2.22. The standard InChI is InChI=1S/C24H31NO6/c1-16(17-7-11-19(29-6)12-8-17)22(27)30-20-13-9-18(10-14-20)21(26)15-25(5)23(28)31-24(2,3)4/h7-14,16,21,26H,15H2,1-6H3. The van der Waals surface area contributed by atoms with Crippen LogP contribution in [0.1, 0.15) is 50.8 Å². The Morgan fingerprint density at radius 2 is 1.48 bits per heavy atom. The lowest BCUT2D eigenvalue weighted by molar-refractivity contribution is -0.135. The smallest absolute Gasteiger partial charge is 0.410 e. The zero-order valence-corrected chi connectivity index (χ0v) is 18.9. The molecule has 2 rings (SSSR count). The van der Waals surface area contributed by atoms with Crippen molar-refractivity contribution in [3.8, 4) is 11.5 Å². The summed E-state index contributed by atoms with van der Waals surface area (Å²) in [5, 5.41) is 10.4. The van der Waals surface area contributed by atoms with Crippen LogP contribution < -0.4 is 9.47 Å². The summed E-state index contributed by atoms with van der Waals surface area (Å²) in [6.07, 6.45) is -1.41. The first-order valence-electron chi connectivity index (χ1n) is 10.1. The third-order valence-electron chi connectivity index (χ3n) is 4.60. The monoisotopic (exact) mass is 429 g/mol. The van der Waals surface area contributed by atoms with Crippen LogP contribution >= 0.6 is 0 Å². The van der Waals surface area contributed by atoms with Crippen LogP contribution in [0.2, 0.25) is 0 Å². The molecule has 31 heavy (non-hydrogen) atoms. The van der Waals surface area contributed by atoms with E-state index in [0.717, 1.165) is 11.3 Å². The fourth-order valence-electron chi connectivity index (χ4n) is 2.77. The van der Waals surface area contributed by atoms with E-state index < -0.39 is 23.7 Å². The Labute approximate surface area is 183 Å². The van der Waals surface area contributed by atoms with Crippen molar-refractivity contribution in [2.24, 2.45) is 0 Å². The largest absolute Gasteiger partial charge is 0.497 e. The van der Waals surface area contributed by atoms with Crippen LogP contribution in [0, 0.1) is 0 Å². The Balaban J connectivity index is 1.94. The average molecular weight is 430 g/mol. The Hall–Kier alpha value is -3.06. The molecule has 1 N–H and O–H groups in total. The maximum atomic E-state index is 12.5. The Morgan fingerprint density at radius 3 is 2.00 bits per heavy atom. The minimum atomic E-state index is -0.902. The summed E-state index contributed by atoms with van der Waals surface area (Å²) in [5.74, 6) is 0.263. The van der Waals surface area contributed by atoms with E-state index in [1.54, 1.807) is 78.3 Å². The van der Waals surface area contributed by atoms with Gasteiger partial charge in [-0.15, -0.1) is 0 Å². The third-order valence-corrected chi connectivity index (χ3v) is 4.60. The second-order valence-corrected chi connectivity index (χ2v) is 8.36. The van der Waals surface area contributed by atoms with Crippen LogP contribution in [0.4, 0.5) is 4.79 Å². The van der Waals surface area contributed by atoms with Gasteiger partial charge in [-0.25, -0.2) is 4.79 Å². The quantitative estimate of drug-likeness (QED) is 0.522. The second-order valence-electron chi connectivity index (χ2n) is 8.36. The molecule has 7 nitrogen and oxygen atoms in total. The van der Waals surface area contributed by atoms with Crippen molar-refractivity contribution in [1.82, 2.24) is 4.90 Å². The lowest BCUT2D eigenvalue weighted by Gasteiger charge is -2.26. The van der Waals surface area contributed by atoms with Crippen molar-refractivity contribution < 1.29 is 28.9 Å². The van der Waals surface area contributed by atoms with Gasteiger partial charge in [-0.2, -0.15) is 0 Å². The number of aliphatic hydroxyl groups excluding tert-OH is 1. The van der Waals surface area contributed by atoms with Crippen molar-refractivity contribution >= 4 is 12.1 Å². The number of nitrogens with zero attached hydrogens (tertiary/aromatic N) is 1. The zero-order valence-electron chi connectivity index (χ0n) is 18.9. The molecule has 2 aromatic rings. The van der Waals surface area contributed by atoms with E-state index in [4.69, 9.17) is 14.2 Å². The van der Waals surface area contributed by atoms with Crippen LogP contribution in [0.25, 0.3) is 0 Å². The fraction of sp³-hybridized carbons (Fsp3) is 0.417. The van der Waals surface area contributed by atoms with Gasteiger partial charge in [0.05, 0.1) is 25.7 Å². The molecule has 0 saturated heterocycles. The topological polar surface area (TPSA) is 85.3 Å². The average Bonchev–Trinajstić information content (AvgIpc) is 2.72. The van der Waals surface area contributed by atoms with Crippen LogP contribution in [0.15, 0.2) is 48.5 Å². The van der Waals surface area contributed by atoms with Gasteiger partial charge >= 0.3 is 12.1 Å². The molecule has 168 valence electrons. The minimum Gasteiger partial charge on any atom is -0.497 e.